The Balaban J connectivity index is 1.34. The minimum atomic E-state index is -0.312. The van der Waals surface area contributed by atoms with Crippen molar-refractivity contribution >= 4 is 23.5 Å². The standard InChI is InChI=1S/C25H25FN6OS/c26-19-13-11-18(12-14-19)24-29-30-25(31(24)20-7-3-1-4-8-20)34-17-23(33)28-22-15-16-27-32(22)21-9-5-2-6-10-21/h1,3-4,7-8,11-16,21H,2,5-6,9-10,17H2,(H,28,33). The molecular weight excluding hydrogens is 451 g/mol. The molecule has 0 radical (unpaired) electrons. The zero-order valence-electron chi connectivity index (χ0n) is 18.6. The second-order valence-corrected chi connectivity index (χ2v) is 9.22. The third kappa shape index (κ3) is 4.89. The van der Waals surface area contributed by atoms with Gasteiger partial charge in [0.2, 0.25) is 5.91 Å². The van der Waals surface area contributed by atoms with Crippen molar-refractivity contribution < 1.29 is 9.18 Å². The van der Waals surface area contributed by atoms with Crippen molar-refractivity contribution in [1.29, 1.82) is 0 Å². The van der Waals surface area contributed by atoms with Gasteiger partial charge in [-0.15, -0.1) is 10.2 Å². The smallest absolute Gasteiger partial charge is 0.235 e. The largest absolute Gasteiger partial charge is 0.310 e. The molecule has 9 heteroatoms. The number of rotatable bonds is 7. The van der Waals surface area contributed by atoms with Crippen LogP contribution in [0.15, 0.2) is 72.0 Å². The normalized spacial score (nSPS) is 14.3. The summed E-state index contributed by atoms with van der Waals surface area (Å²) in [6, 6.07) is 18.0. The maximum absolute atomic E-state index is 13.4. The number of benzene rings is 2. The SMILES string of the molecule is O=C(CSc1nnc(-c2ccc(F)cc2)n1-c1ccccc1)Nc1ccnn1C1CCCCC1. The topological polar surface area (TPSA) is 77.6 Å². The summed E-state index contributed by atoms with van der Waals surface area (Å²) in [5, 5.41) is 16.7. The first-order valence-corrected chi connectivity index (χ1v) is 12.4. The van der Waals surface area contributed by atoms with Crippen LogP contribution in [0.4, 0.5) is 10.2 Å². The molecule has 1 aliphatic rings. The molecule has 2 aromatic carbocycles. The van der Waals surface area contributed by atoms with Gasteiger partial charge in [0.15, 0.2) is 11.0 Å². The second kappa shape index (κ2) is 10.2. The molecule has 2 aromatic heterocycles. The van der Waals surface area contributed by atoms with E-state index in [0.29, 0.717) is 17.0 Å². The Morgan fingerprint density at radius 2 is 1.76 bits per heavy atom. The van der Waals surface area contributed by atoms with Crippen molar-refractivity contribution in [1.82, 2.24) is 24.5 Å². The fourth-order valence-corrected chi connectivity index (χ4v) is 5.05. The Morgan fingerprint density at radius 1 is 1.00 bits per heavy atom. The van der Waals surface area contributed by atoms with E-state index in [-0.39, 0.29) is 17.5 Å². The van der Waals surface area contributed by atoms with Crippen LogP contribution in [0, 0.1) is 5.82 Å². The molecular formula is C25H25FN6OS. The van der Waals surface area contributed by atoms with Crippen LogP contribution in [0.1, 0.15) is 38.1 Å². The number of nitrogens with zero attached hydrogens (tertiary/aromatic N) is 5. The summed E-state index contributed by atoms with van der Waals surface area (Å²) in [6.45, 7) is 0. The van der Waals surface area contributed by atoms with Crippen LogP contribution < -0.4 is 5.32 Å². The summed E-state index contributed by atoms with van der Waals surface area (Å²) in [7, 11) is 0. The molecule has 1 fully saturated rings. The van der Waals surface area contributed by atoms with Crippen molar-refractivity contribution in [3.8, 4) is 17.1 Å². The lowest BCUT2D eigenvalue weighted by atomic mass is 9.96. The zero-order chi connectivity index (χ0) is 23.3. The molecule has 0 aliphatic heterocycles. The summed E-state index contributed by atoms with van der Waals surface area (Å²) in [5.41, 5.74) is 1.61. The molecule has 34 heavy (non-hydrogen) atoms. The Morgan fingerprint density at radius 3 is 2.53 bits per heavy atom. The van der Waals surface area contributed by atoms with Crippen molar-refractivity contribution in [2.75, 3.05) is 11.1 Å². The average Bonchev–Trinajstić information content (AvgIpc) is 3.51. The molecule has 7 nitrogen and oxygen atoms in total. The Hall–Kier alpha value is -3.46. The van der Waals surface area contributed by atoms with Crippen molar-refractivity contribution in [2.24, 2.45) is 0 Å². The Kier molecular flexibility index (Phi) is 6.71. The Bertz CT molecular complexity index is 1250. The van der Waals surface area contributed by atoms with Crippen LogP contribution in [0.2, 0.25) is 0 Å². The van der Waals surface area contributed by atoms with E-state index in [9.17, 15) is 9.18 Å². The van der Waals surface area contributed by atoms with Crippen LogP contribution in [-0.2, 0) is 4.79 Å². The maximum atomic E-state index is 13.4. The lowest BCUT2D eigenvalue weighted by Crippen LogP contribution is -2.21. The molecule has 0 bridgehead atoms. The highest BCUT2D eigenvalue weighted by atomic mass is 32.2. The van der Waals surface area contributed by atoms with Crippen LogP contribution in [-0.4, -0.2) is 36.2 Å². The highest BCUT2D eigenvalue weighted by Gasteiger charge is 2.20. The van der Waals surface area contributed by atoms with Gasteiger partial charge >= 0.3 is 0 Å². The summed E-state index contributed by atoms with van der Waals surface area (Å²) in [5.74, 6) is 1.05. The molecule has 0 unspecified atom stereocenters. The van der Waals surface area contributed by atoms with Gasteiger partial charge in [-0.25, -0.2) is 9.07 Å². The molecule has 1 aliphatic carbocycles. The first-order chi connectivity index (χ1) is 16.7. The van der Waals surface area contributed by atoms with E-state index in [2.05, 4.69) is 20.6 Å². The summed E-state index contributed by atoms with van der Waals surface area (Å²) in [4.78, 5) is 12.8. The highest BCUT2D eigenvalue weighted by molar-refractivity contribution is 7.99. The minimum absolute atomic E-state index is 0.131. The van der Waals surface area contributed by atoms with Gasteiger partial charge in [-0.3, -0.25) is 9.36 Å². The number of halogens is 1. The third-order valence-corrected chi connectivity index (χ3v) is 6.87. The quantitative estimate of drug-likeness (QED) is 0.356. The van der Waals surface area contributed by atoms with Gasteiger partial charge in [-0.05, 0) is 49.2 Å². The summed E-state index contributed by atoms with van der Waals surface area (Å²) >= 11 is 1.31. The van der Waals surface area contributed by atoms with E-state index in [4.69, 9.17) is 0 Å². The number of hydrogen-bond donors (Lipinski definition) is 1. The van der Waals surface area contributed by atoms with Gasteiger partial charge in [0.1, 0.15) is 11.6 Å². The monoisotopic (exact) mass is 476 g/mol. The van der Waals surface area contributed by atoms with E-state index >= 15 is 0 Å². The number of hydrogen-bond acceptors (Lipinski definition) is 5. The number of aromatic nitrogens is 5. The van der Waals surface area contributed by atoms with E-state index in [1.165, 1.54) is 43.2 Å². The summed E-state index contributed by atoms with van der Waals surface area (Å²) in [6.07, 6.45) is 7.56. The zero-order valence-corrected chi connectivity index (χ0v) is 19.4. The van der Waals surface area contributed by atoms with Gasteiger partial charge < -0.3 is 5.32 Å². The molecule has 2 heterocycles. The number of para-hydroxylation sites is 1. The molecule has 0 saturated heterocycles. The fraction of sp³-hybridized carbons (Fsp3) is 0.280. The van der Waals surface area contributed by atoms with Gasteiger partial charge in [-0.1, -0.05) is 49.2 Å². The first-order valence-electron chi connectivity index (χ1n) is 11.4. The second-order valence-electron chi connectivity index (χ2n) is 8.27. The van der Waals surface area contributed by atoms with E-state index < -0.39 is 0 Å². The van der Waals surface area contributed by atoms with E-state index in [0.717, 1.165) is 29.9 Å². The number of carbonyl (C=O) groups is 1. The van der Waals surface area contributed by atoms with E-state index in [1.807, 2.05) is 45.6 Å². The molecule has 1 amide bonds. The number of nitrogens with one attached hydrogen (secondary N) is 1. The molecule has 4 aromatic rings. The highest BCUT2D eigenvalue weighted by Crippen LogP contribution is 2.31. The average molecular weight is 477 g/mol. The number of anilines is 1. The number of amides is 1. The van der Waals surface area contributed by atoms with Crippen LogP contribution >= 0.6 is 11.8 Å². The lowest BCUT2D eigenvalue weighted by molar-refractivity contribution is -0.113. The molecule has 1 saturated carbocycles. The van der Waals surface area contributed by atoms with Crippen LogP contribution in [0.5, 0.6) is 0 Å². The van der Waals surface area contributed by atoms with Crippen LogP contribution in [0.3, 0.4) is 0 Å². The Labute approximate surface area is 201 Å². The third-order valence-electron chi connectivity index (χ3n) is 5.94. The van der Waals surface area contributed by atoms with Crippen LogP contribution in [0.25, 0.3) is 17.1 Å². The summed E-state index contributed by atoms with van der Waals surface area (Å²) < 4.78 is 17.3. The van der Waals surface area contributed by atoms with Gasteiger partial charge in [-0.2, -0.15) is 5.10 Å². The van der Waals surface area contributed by atoms with Gasteiger partial charge in [0.05, 0.1) is 18.0 Å². The predicted octanol–water partition coefficient (Wildman–Crippen LogP) is 5.51. The van der Waals surface area contributed by atoms with Gasteiger partial charge in [0, 0.05) is 17.3 Å². The number of thioether (sulfide) groups is 1. The molecule has 174 valence electrons. The predicted molar refractivity (Wildman–Crippen MR) is 130 cm³/mol. The van der Waals surface area contributed by atoms with Crippen molar-refractivity contribution in [2.45, 2.75) is 43.3 Å². The first kappa shape index (κ1) is 22.3. The number of carbonyl (C=O) groups excluding carboxylic acids is 1. The van der Waals surface area contributed by atoms with Gasteiger partial charge in [0.25, 0.3) is 0 Å². The lowest BCUT2D eigenvalue weighted by Gasteiger charge is -2.23. The van der Waals surface area contributed by atoms with Crippen molar-refractivity contribution in [3.05, 3.63) is 72.7 Å². The fourth-order valence-electron chi connectivity index (χ4n) is 4.30. The minimum Gasteiger partial charge on any atom is -0.310 e. The molecule has 0 spiro atoms. The molecule has 0 atom stereocenters. The maximum Gasteiger partial charge on any atom is 0.235 e. The van der Waals surface area contributed by atoms with Crippen molar-refractivity contribution in [3.63, 3.8) is 0 Å². The molecule has 1 N–H and O–H groups in total. The van der Waals surface area contributed by atoms with E-state index in [1.54, 1.807) is 18.3 Å². The molecule has 5 rings (SSSR count).